The molecule has 2 heterocycles. The van der Waals surface area contributed by atoms with Crippen molar-refractivity contribution in [3.8, 4) is 11.5 Å². The molecule has 3 amide bonds. The largest absolute Gasteiger partial charge is 0.497 e. The summed E-state index contributed by atoms with van der Waals surface area (Å²) < 4.78 is 11.6. The first-order valence-corrected chi connectivity index (χ1v) is 11.0. The van der Waals surface area contributed by atoms with E-state index in [2.05, 4.69) is 6.07 Å². The van der Waals surface area contributed by atoms with Gasteiger partial charge in [-0.15, -0.1) is 0 Å². The summed E-state index contributed by atoms with van der Waals surface area (Å²) in [6, 6.07) is 19.6. The quantitative estimate of drug-likeness (QED) is 0.527. The van der Waals surface area contributed by atoms with E-state index < -0.39 is 17.8 Å². The average Bonchev–Trinajstić information content (AvgIpc) is 2.78. The first kappa shape index (κ1) is 21.1. The molecule has 0 spiro atoms. The first-order valence-electron chi connectivity index (χ1n) is 11.0. The molecule has 6 nitrogen and oxygen atoms in total. The van der Waals surface area contributed by atoms with Crippen LogP contribution in [0.1, 0.15) is 46.4 Å². The molecule has 2 bridgehead atoms. The number of fused-ring (bicyclic) bond motifs is 4. The van der Waals surface area contributed by atoms with Crippen molar-refractivity contribution in [1.82, 2.24) is 4.90 Å². The minimum Gasteiger partial charge on any atom is -0.497 e. The zero-order valence-corrected chi connectivity index (χ0v) is 19.2. The summed E-state index contributed by atoms with van der Waals surface area (Å²) in [6.07, 6.45) is 0.463. The number of para-hydroxylation sites is 1. The molecule has 0 radical (unpaired) electrons. The molecule has 1 fully saturated rings. The lowest BCUT2D eigenvalue weighted by atomic mass is 9.88. The number of methoxy groups -OCH3 is 1. The van der Waals surface area contributed by atoms with Gasteiger partial charge in [-0.2, -0.15) is 0 Å². The average molecular weight is 443 g/mol. The lowest BCUT2D eigenvalue weighted by Crippen LogP contribution is -2.67. The van der Waals surface area contributed by atoms with Crippen LogP contribution in [0.3, 0.4) is 0 Å². The second kappa shape index (κ2) is 7.66. The number of carbonyl (C=O) groups excluding carboxylic acids is 2. The summed E-state index contributed by atoms with van der Waals surface area (Å²) in [5, 5.41) is 0. The normalized spacial score (nSPS) is 21.3. The van der Waals surface area contributed by atoms with E-state index in [0.29, 0.717) is 29.2 Å². The molecule has 0 unspecified atom stereocenters. The third-order valence-electron chi connectivity index (χ3n) is 6.38. The van der Waals surface area contributed by atoms with E-state index in [4.69, 9.17) is 9.47 Å². The van der Waals surface area contributed by atoms with E-state index >= 15 is 0 Å². The molecule has 168 valence electrons. The van der Waals surface area contributed by atoms with Gasteiger partial charge in [0.05, 0.1) is 13.2 Å². The Hall–Kier alpha value is -3.80. The maximum Gasteiger partial charge on any atom is 0.335 e. The van der Waals surface area contributed by atoms with Gasteiger partial charge >= 0.3 is 6.03 Å². The van der Waals surface area contributed by atoms with Crippen molar-refractivity contribution >= 4 is 17.6 Å². The lowest BCUT2D eigenvalue weighted by molar-refractivity contribution is 0.00268. The number of imide groups is 1. The Labute approximate surface area is 193 Å². The van der Waals surface area contributed by atoms with E-state index in [-0.39, 0.29) is 5.91 Å². The van der Waals surface area contributed by atoms with Crippen LogP contribution in [0.4, 0.5) is 10.5 Å². The van der Waals surface area contributed by atoms with Crippen LogP contribution >= 0.6 is 0 Å². The second-order valence-electron chi connectivity index (χ2n) is 8.90. The monoisotopic (exact) mass is 442 g/mol. The van der Waals surface area contributed by atoms with Crippen LogP contribution < -0.4 is 14.4 Å². The second-order valence-corrected chi connectivity index (χ2v) is 8.90. The van der Waals surface area contributed by atoms with E-state index in [1.807, 2.05) is 57.2 Å². The van der Waals surface area contributed by atoms with Crippen LogP contribution in [-0.2, 0) is 0 Å². The van der Waals surface area contributed by atoms with Gasteiger partial charge in [-0.05, 0) is 74.4 Å². The predicted molar refractivity (Wildman–Crippen MR) is 126 cm³/mol. The van der Waals surface area contributed by atoms with Gasteiger partial charge in [-0.25, -0.2) is 4.79 Å². The molecule has 0 saturated carbocycles. The van der Waals surface area contributed by atoms with Crippen molar-refractivity contribution in [3.63, 3.8) is 0 Å². The maximum absolute atomic E-state index is 14.0. The van der Waals surface area contributed by atoms with Gasteiger partial charge in [0.15, 0.2) is 5.72 Å². The Balaban J connectivity index is 1.66. The van der Waals surface area contributed by atoms with Crippen molar-refractivity contribution in [2.75, 3.05) is 12.0 Å². The Bertz CT molecular complexity index is 1230. The number of hydrogen-bond acceptors (Lipinski definition) is 4. The number of nitrogens with zero attached hydrogens (tertiary/aromatic N) is 2. The fourth-order valence-electron chi connectivity index (χ4n) is 4.97. The van der Waals surface area contributed by atoms with Crippen LogP contribution in [-0.4, -0.2) is 29.7 Å². The number of ether oxygens (including phenoxy) is 2. The van der Waals surface area contributed by atoms with E-state index in [0.717, 1.165) is 16.7 Å². The molecule has 1 saturated heterocycles. The predicted octanol–water partition coefficient (Wildman–Crippen LogP) is 5.63. The Morgan fingerprint density at radius 2 is 1.70 bits per heavy atom. The van der Waals surface area contributed by atoms with Crippen LogP contribution in [0.25, 0.3) is 0 Å². The number of amides is 3. The van der Waals surface area contributed by atoms with Crippen molar-refractivity contribution in [1.29, 1.82) is 0 Å². The number of urea groups is 1. The smallest absolute Gasteiger partial charge is 0.335 e. The van der Waals surface area contributed by atoms with E-state index in [1.54, 1.807) is 36.3 Å². The highest BCUT2D eigenvalue weighted by Gasteiger charge is 2.55. The molecule has 33 heavy (non-hydrogen) atoms. The molecule has 0 aromatic heterocycles. The summed E-state index contributed by atoms with van der Waals surface area (Å²) in [5.74, 6) is 0.990. The number of rotatable bonds is 3. The molecule has 3 aromatic rings. The van der Waals surface area contributed by atoms with Crippen LogP contribution in [0.15, 0.2) is 66.7 Å². The minimum atomic E-state index is -0.924. The van der Waals surface area contributed by atoms with Gasteiger partial charge in [0.25, 0.3) is 5.91 Å². The highest BCUT2D eigenvalue weighted by Crippen LogP contribution is 2.49. The summed E-state index contributed by atoms with van der Waals surface area (Å²) in [5.41, 5.74) is 3.13. The Kier molecular flexibility index (Phi) is 4.89. The van der Waals surface area contributed by atoms with Gasteiger partial charge < -0.3 is 9.47 Å². The molecular weight excluding hydrogens is 416 g/mol. The number of benzene rings is 3. The minimum absolute atomic E-state index is 0.346. The topological polar surface area (TPSA) is 59.1 Å². The number of anilines is 1. The molecule has 2 atom stereocenters. The summed E-state index contributed by atoms with van der Waals surface area (Å²) >= 11 is 0. The Morgan fingerprint density at radius 1 is 1.03 bits per heavy atom. The zero-order chi connectivity index (χ0) is 23.3. The number of aryl methyl sites for hydroxylation is 2. The van der Waals surface area contributed by atoms with Crippen LogP contribution in [0.2, 0.25) is 0 Å². The van der Waals surface area contributed by atoms with Crippen molar-refractivity contribution in [2.45, 2.75) is 39.0 Å². The van der Waals surface area contributed by atoms with Gasteiger partial charge in [0.1, 0.15) is 11.5 Å². The number of hydrogen-bond donors (Lipinski definition) is 0. The zero-order valence-electron chi connectivity index (χ0n) is 19.2. The molecule has 2 aliphatic rings. The fourth-order valence-corrected chi connectivity index (χ4v) is 4.97. The van der Waals surface area contributed by atoms with Gasteiger partial charge in [0.2, 0.25) is 0 Å². The number of carbonyl (C=O) groups is 2. The SMILES string of the molecule is COc1ccc(C(=O)N2C(=O)N(c3cc(C)cc(C)c3)[C@@]3(C)C[C@H]2c2ccccc2O3)cc1. The fraction of sp³-hybridized carbons (Fsp3) is 0.259. The first-order chi connectivity index (χ1) is 15.8. The highest BCUT2D eigenvalue weighted by molar-refractivity contribution is 6.10. The molecular formula is C27H26N2O4. The van der Waals surface area contributed by atoms with Crippen LogP contribution in [0.5, 0.6) is 11.5 Å². The molecule has 0 N–H and O–H groups in total. The molecule has 6 heteroatoms. The highest BCUT2D eigenvalue weighted by atomic mass is 16.5. The van der Waals surface area contributed by atoms with Crippen molar-refractivity contribution in [3.05, 3.63) is 89.0 Å². The van der Waals surface area contributed by atoms with Gasteiger partial charge in [0, 0.05) is 23.2 Å². The summed E-state index contributed by atoms with van der Waals surface area (Å²) in [7, 11) is 1.58. The van der Waals surface area contributed by atoms with Crippen LogP contribution in [0, 0.1) is 13.8 Å². The van der Waals surface area contributed by atoms with Crippen molar-refractivity contribution < 1.29 is 19.1 Å². The maximum atomic E-state index is 14.0. The van der Waals surface area contributed by atoms with E-state index in [1.165, 1.54) is 4.90 Å². The standard InChI is InChI=1S/C27H26N2O4/c1-17-13-18(2)15-20(14-17)29-26(31)28(25(30)19-9-11-21(32-4)12-10-19)23-16-27(29,3)33-24-8-6-5-7-22(23)24/h5-15,23H,16H2,1-4H3/t23-,27+/m0/s1. The van der Waals surface area contributed by atoms with Gasteiger partial charge in [-0.1, -0.05) is 24.3 Å². The molecule has 0 aliphatic carbocycles. The third-order valence-corrected chi connectivity index (χ3v) is 6.38. The Morgan fingerprint density at radius 3 is 2.36 bits per heavy atom. The molecule has 3 aromatic carbocycles. The van der Waals surface area contributed by atoms with E-state index in [9.17, 15) is 9.59 Å². The summed E-state index contributed by atoms with van der Waals surface area (Å²) in [4.78, 5) is 30.8. The lowest BCUT2D eigenvalue weighted by Gasteiger charge is -2.53. The summed E-state index contributed by atoms with van der Waals surface area (Å²) in [6.45, 7) is 5.90. The molecule has 2 aliphatic heterocycles. The van der Waals surface area contributed by atoms with Gasteiger partial charge in [-0.3, -0.25) is 14.6 Å². The third kappa shape index (κ3) is 3.42. The van der Waals surface area contributed by atoms with Crippen molar-refractivity contribution in [2.24, 2.45) is 0 Å². The molecule has 5 rings (SSSR count).